The van der Waals surface area contributed by atoms with Crippen LogP contribution in [0.1, 0.15) is 6.92 Å². The summed E-state index contributed by atoms with van der Waals surface area (Å²) in [5, 5.41) is 1.98. The molecule has 1 heterocycles. The van der Waals surface area contributed by atoms with E-state index in [4.69, 9.17) is 4.74 Å². The lowest BCUT2D eigenvalue weighted by Gasteiger charge is -1.95. The van der Waals surface area contributed by atoms with Gasteiger partial charge in [-0.3, -0.25) is 4.79 Å². The number of ether oxygens (including phenoxy) is 1. The SMILES string of the molecule is CC(=O)OCC[n+]1ccsc1. The molecule has 1 aromatic rings. The summed E-state index contributed by atoms with van der Waals surface area (Å²) in [6, 6.07) is 0. The fraction of sp³-hybridized carbons (Fsp3) is 0.429. The third-order valence-electron chi connectivity index (χ3n) is 1.18. The van der Waals surface area contributed by atoms with Crippen molar-refractivity contribution >= 4 is 17.3 Å². The van der Waals surface area contributed by atoms with Gasteiger partial charge in [-0.05, 0) is 0 Å². The van der Waals surface area contributed by atoms with Crippen molar-refractivity contribution < 1.29 is 14.1 Å². The van der Waals surface area contributed by atoms with Crippen LogP contribution in [0.2, 0.25) is 0 Å². The standard InChI is InChI=1S/C7H10NO2S/c1-7(9)10-4-2-8-3-5-11-6-8/h3,5-6H,2,4H2,1H3/q+1. The van der Waals surface area contributed by atoms with Crippen molar-refractivity contribution in [2.45, 2.75) is 13.5 Å². The molecule has 0 saturated heterocycles. The van der Waals surface area contributed by atoms with Crippen molar-refractivity contribution in [3.8, 4) is 0 Å². The minimum Gasteiger partial charge on any atom is -0.459 e. The lowest BCUT2D eigenvalue weighted by molar-refractivity contribution is -0.693. The molecule has 0 aliphatic heterocycles. The highest BCUT2D eigenvalue weighted by atomic mass is 32.1. The van der Waals surface area contributed by atoms with Crippen LogP contribution in [0.5, 0.6) is 0 Å². The molecule has 60 valence electrons. The average Bonchev–Trinajstić information content (AvgIpc) is 2.39. The Labute approximate surface area is 69.2 Å². The maximum absolute atomic E-state index is 10.3. The first-order chi connectivity index (χ1) is 5.29. The van der Waals surface area contributed by atoms with Gasteiger partial charge in [0.15, 0.2) is 19.3 Å². The molecule has 1 rings (SSSR count). The molecule has 3 nitrogen and oxygen atoms in total. The highest BCUT2D eigenvalue weighted by molar-refractivity contribution is 7.07. The summed E-state index contributed by atoms with van der Waals surface area (Å²) in [5.41, 5.74) is 1.98. The van der Waals surface area contributed by atoms with E-state index in [0.29, 0.717) is 6.61 Å². The third kappa shape index (κ3) is 3.13. The summed E-state index contributed by atoms with van der Waals surface area (Å²) in [7, 11) is 0. The predicted molar refractivity (Wildman–Crippen MR) is 41.1 cm³/mol. The number of thiazole rings is 1. The summed E-state index contributed by atoms with van der Waals surface area (Å²) in [6.45, 7) is 2.61. The second kappa shape index (κ2) is 4.08. The molecule has 0 fully saturated rings. The quantitative estimate of drug-likeness (QED) is 0.493. The van der Waals surface area contributed by atoms with Crippen LogP contribution >= 0.6 is 11.3 Å². The molecule has 0 bridgehead atoms. The Morgan fingerprint density at radius 2 is 2.55 bits per heavy atom. The topological polar surface area (TPSA) is 30.2 Å². The van der Waals surface area contributed by atoms with Crippen molar-refractivity contribution in [2.24, 2.45) is 0 Å². The summed E-state index contributed by atoms with van der Waals surface area (Å²) in [4.78, 5) is 10.3. The fourth-order valence-corrected chi connectivity index (χ4v) is 1.31. The Balaban J connectivity index is 2.19. The van der Waals surface area contributed by atoms with Gasteiger partial charge in [0.05, 0.1) is 5.38 Å². The third-order valence-corrected chi connectivity index (χ3v) is 1.85. The first kappa shape index (κ1) is 8.20. The van der Waals surface area contributed by atoms with Gasteiger partial charge in [-0.2, -0.15) is 4.57 Å². The number of hydrogen-bond acceptors (Lipinski definition) is 3. The molecule has 0 saturated carbocycles. The van der Waals surface area contributed by atoms with E-state index in [2.05, 4.69) is 0 Å². The summed E-state index contributed by atoms with van der Waals surface area (Å²) >= 11 is 1.62. The summed E-state index contributed by atoms with van der Waals surface area (Å²) in [5.74, 6) is -0.221. The minimum atomic E-state index is -0.221. The molecular formula is C7H10NO2S+. The lowest BCUT2D eigenvalue weighted by atomic mass is 10.6. The second-order valence-corrected chi connectivity index (χ2v) is 2.86. The van der Waals surface area contributed by atoms with Gasteiger partial charge in [0.25, 0.3) is 0 Å². The highest BCUT2D eigenvalue weighted by Gasteiger charge is 2.00. The molecular weight excluding hydrogens is 162 g/mol. The van der Waals surface area contributed by atoms with E-state index in [1.54, 1.807) is 11.3 Å². The van der Waals surface area contributed by atoms with Crippen LogP contribution in [-0.4, -0.2) is 12.6 Å². The number of rotatable bonds is 3. The Morgan fingerprint density at radius 3 is 3.09 bits per heavy atom. The minimum absolute atomic E-state index is 0.221. The molecule has 1 aromatic heterocycles. The van der Waals surface area contributed by atoms with Crippen LogP contribution in [0, 0.1) is 0 Å². The molecule has 0 aromatic carbocycles. The lowest BCUT2D eigenvalue weighted by Crippen LogP contribution is -2.33. The molecule has 0 amide bonds. The molecule has 11 heavy (non-hydrogen) atoms. The van der Waals surface area contributed by atoms with E-state index in [1.807, 2.05) is 21.7 Å². The molecule has 0 N–H and O–H groups in total. The van der Waals surface area contributed by atoms with Gasteiger partial charge in [-0.15, -0.1) is 0 Å². The number of aromatic nitrogens is 1. The van der Waals surface area contributed by atoms with Crippen LogP contribution in [0.4, 0.5) is 0 Å². The summed E-state index contributed by atoms with van der Waals surface area (Å²) in [6.07, 6.45) is 1.95. The molecule has 0 aliphatic rings. The highest BCUT2D eigenvalue weighted by Crippen LogP contribution is 1.87. The Hall–Kier alpha value is -0.900. The van der Waals surface area contributed by atoms with E-state index in [-0.39, 0.29) is 5.97 Å². The zero-order valence-corrected chi connectivity index (χ0v) is 7.13. The van der Waals surface area contributed by atoms with Crippen LogP contribution < -0.4 is 4.57 Å². The monoisotopic (exact) mass is 172 g/mol. The van der Waals surface area contributed by atoms with E-state index < -0.39 is 0 Å². The largest absolute Gasteiger partial charge is 0.459 e. The fourth-order valence-electron chi connectivity index (χ4n) is 0.684. The zero-order chi connectivity index (χ0) is 8.10. The molecule has 0 unspecified atom stereocenters. The van der Waals surface area contributed by atoms with E-state index in [0.717, 1.165) is 6.54 Å². The number of nitrogens with zero attached hydrogens (tertiary/aromatic N) is 1. The first-order valence-electron chi connectivity index (χ1n) is 3.33. The van der Waals surface area contributed by atoms with Crippen molar-refractivity contribution in [3.05, 3.63) is 17.1 Å². The van der Waals surface area contributed by atoms with E-state index in [1.165, 1.54) is 6.92 Å². The molecule has 4 heteroatoms. The van der Waals surface area contributed by atoms with Gasteiger partial charge in [0.1, 0.15) is 0 Å². The summed E-state index contributed by atoms with van der Waals surface area (Å²) < 4.78 is 6.74. The number of carbonyl (C=O) groups is 1. The maximum Gasteiger partial charge on any atom is 0.302 e. The molecule has 0 spiro atoms. The molecule has 0 atom stereocenters. The normalized spacial score (nSPS) is 9.55. The van der Waals surface area contributed by atoms with Gasteiger partial charge in [0, 0.05) is 6.92 Å². The Bertz CT molecular complexity index is 220. The van der Waals surface area contributed by atoms with Gasteiger partial charge in [-0.1, -0.05) is 11.3 Å². The number of carbonyl (C=O) groups excluding carboxylic acids is 1. The first-order valence-corrected chi connectivity index (χ1v) is 4.28. The van der Waals surface area contributed by atoms with Crippen molar-refractivity contribution in [2.75, 3.05) is 6.61 Å². The molecule has 0 aliphatic carbocycles. The van der Waals surface area contributed by atoms with Crippen LogP contribution in [0.3, 0.4) is 0 Å². The maximum atomic E-state index is 10.3. The van der Waals surface area contributed by atoms with Crippen molar-refractivity contribution in [3.63, 3.8) is 0 Å². The van der Waals surface area contributed by atoms with Gasteiger partial charge in [-0.25, -0.2) is 0 Å². The zero-order valence-electron chi connectivity index (χ0n) is 6.32. The van der Waals surface area contributed by atoms with Crippen LogP contribution in [-0.2, 0) is 16.1 Å². The van der Waals surface area contributed by atoms with Crippen LogP contribution in [0.15, 0.2) is 17.1 Å². The Kier molecular flexibility index (Phi) is 3.04. The number of esters is 1. The average molecular weight is 172 g/mol. The van der Waals surface area contributed by atoms with Crippen LogP contribution in [0.25, 0.3) is 0 Å². The number of hydrogen-bond donors (Lipinski definition) is 0. The van der Waals surface area contributed by atoms with Gasteiger partial charge in [0.2, 0.25) is 5.51 Å². The Morgan fingerprint density at radius 1 is 1.73 bits per heavy atom. The predicted octanol–water partition coefficient (Wildman–Crippen LogP) is 0.599. The van der Waals surface area contributed by atoms with Crippen molar-refractivity contribution in [1.82, 2.24) is 0 Å². The van der Waals surface area contributed by atoms with E-state index in [9.17, 15) is 4.79 Å². The smallest absolute Gasteiger partial charge is 0.302 e. The van der Waals surface area contributed by atoms with Crippen molar-refractivity contribution in [1.29, 1.82) is 0 Å². The van der Waals surface area contributed by atoms with Gasteiger partial charge < -0.3 is 4.74 Å². The van der Waals surface area contributed by atoms with Gasteiger partial charge >= 0.3 is 5.97 Å². The molecule has 0 radical (unpaired) electrons. The second-order valence-electron chi connectivity index (χ2n) is 2.10. The van der Waals surface area contributed by atoms with E-state index >= 15 is 0 Å².